The Hall–Kier alpha value is -5.53. The number of aryl methyl sites for hydroxylation is 2. The van der Waals surface area contributed by atoms with Gasteiger partial charge in [-0.2, -0.15) is 5.10 Å². The zero-order chi connectivity index (χ0) is 39.9. The van der Waals surface area contributed by atoms with E-state index in [2.05, 4.69) is 54.4 Å². The summed E-state index contributed by atoms with van der Waals surface area (Å²) in [6.07, 6.45) is 9.59. The topological polar surface area (TPSA) is 123 Å². The lowest BCUT2D eigenvalue weighted by atomic mass is 9.90. The minimum atomic E-state index is -0.652. The number of likely N-dealkylation sites (tertiary alicyclic amines) is 2. The number of aromatic nitrogens is 6. The molecular formula is C45H50FN9O3. The molecule has 0 bridgehead atoms. The maximum Gasteiger partial charge on any atom is 0.337 e. The van der Waals surface area contributed by atoms with E-state index in [0.29, 0.717) is 37.0 Å². The van der Waals surface area contributed by atoms with Crippen LogP contribution in [0.2, 0.25) is 0 Å². The molecule has 6 heterocycles. The number of halogens is 1. The van der Waals surface area contributed by atoms with Crippen molar-refractivity contribution in [1.82, 2.24) is 43.8 Å². The Bertz CT molecular complexity index is 2590. The number of nitrogens with one attached hydrogen (secondary N) is 1. The zero-order valence-electron chi connectivity index (χ0n) is 33.2. The van der Waals surface area contributed by atoms with Crippen molar-refractivity contribution in [2.24, 2.45) is 0 Å². The van der Waals surface area contributed by atoms with Gasteiger partial charge in [-0.05, 0) is 132 Å². The summed E-state index contributed by atoms with van der Waals surface area (Å²) in [5.74, 6) is -0.948. The van der Waals surface area contributed by atoms with Crippen LogP contribution in [-0.4, -0.2) is 82.7 Å². The number of nitrogens with zero attached hydrogens (tertiary/aromatic N) is 8. The van der Waals surface area contributed by atoms with Crippen LogP contribution in [-0.2, 0) is 6.54 Å². The number of amides is 1. The Morgan fingerprint density at radius 1 is 0.828 bits per heavy atom. The molecule has 1 saturated carbocycles. The Balaban J connectivity index is 0.918. The molecule has 1 amide bonds. The fourth-order valence-electron chi connectivity index (χ4n) is 9.48. The average Bonchev–Trinajstić information content (AvgIpc) is 3.68. The van der Waals surface area contributed by atoms with Crippen LogP contribution < -0.4 is 16.6 Å². The van der Waals surface area contributed by atoms with Gasteiger partial charge in [0, 0.05) is 42.1 Å². The summed E-state index contributed by atoms with van der Waals surface area (Å²) in [4.78, 5) is 55.7. The zero-order valence-corrected chi connectivity index (χ0v) is 33.2. The van der Waals surface area contributed by atoms with Crippen molar-refractivity contribution in [3.63, 3.8) is 0 Å². The number of fused-ring (bicyclic) bond motifs is 2. The van der Waals surface area contributed by atoms with Crippen molar-refractivity contribution in [2.75, 3.05) is 26.2 Å². The summed E-state index contributed by atoms with van der Waals surface area (Å²) >= 11 is 0. The van der Waals surface area contributed by atoms with E-state index in [9.17, 15) is 18.8 Å². The maximum absolute atomic E-state index is 14.7. The highest BCUT2D eigenvalue weighted by Crippen LogP contribution is 2.29. The van der Waals surface area contributed by atoms with Crippen LogP contribution in [0.15, 0.2) is 82.5 Å². The van der Waals surface area contributed by atoms with Gasteiger partial charge in [-0.25, -0.2) is 28.2 Å². The first-order valence-corrected chi connectivity index (χ1v) is 20.8. The molecule has 6 aromatic rings. The first kappa shape index (κ1) is 38.0. The Morgan fingerprint density at radius 3 is 2.34 bits per heavy atom. The molecule has 1 aliphatic carbocycles. The summed E-state index contributed by atoms with van der Waals surface area (Å²) in [6.45, 7) is 9.49. The lowest BCUT2D eigenvalue weighted by Crippen LogP contribution is -2.46. The fourth-order valence-corrected chi connectivity index (χ4v) is 9.48. The normalized spacial score (nSPS) is 19.8. The molecule has 0 unspecified atom stereocenters. The number of hydrogen-bond acceptors (Lipinski definition) is 8. The summed E-state index contributed by atoms with van der Waals surface area (Å²) in [7, 11) is 0. The summed E-state index contributed by atoms with van der Waals surface area (Å²) in [5, 5.41) is 7.58. The second kappa shape index (κ2) is 16.0. The highest BCUT2D eigenvalue weighted by Gasteiger charge is 2.29. The van der Waals surface area contributed by atoms with E-state index >= 15 is 0 Å². The maximum atomic E-state index is 14.7. The van der Waals surface area contributed by atoms with Gasteiger partial charge in [0.25, 0.3) is 11.5 Å². The molecule has 9 rings (SSSR count). The number of rotatable bonds is 8. The molecule has 12 nitrogen and oxygen atoms in total. The third-order valence-electron chi connectivity index (χ3n) is 12.5. The van der Waals surface area contributed by atoms with Gasteiger partial charge in [-0.3, -0.25) is 19.1 Å². The van der Waals surface area contributed by atoms with Gasteiger partial charge < -0.3 is 10.2 Å². The minimum Gasteiger partial charge on any atom is -0.348 e. The fraction of sp³-hybridized carbons (Fsp3) is 0.422. The van der Waals surface area contributed by atoms with Gasteiger partial charge in [0.2, 0.25) is 0 Å². The number of benzene rings is 2. The van der Waals surface area contributed by atoms with E-state index in [1.807, 2.05) is 44.2 Å². The monoisotopic (exact) mass is 783 g/mol. The third-order valence-corrected chi connectivity index (χ3v) is 12.5. The third kappa shape index (κ3) is 7.60. The van der Waals surface area contributed by atoms with Crippen molar-refractivity contribution in [1.29, 1.82) is 0 Å². The van der Waals surface area contributed by atoms with E-state index in [1.54, 1.807) is 10.6 Å². The minimum absolute atomic E-state index is 0.0377. The lowest BCUT2D eigenvalue weighted by Gasteiger charge is -2.40. The molecule has 2 saturated heterocycles. The predicted octanol–water partition coefficient (Wildman–Crippen LogP) is 6.38. The van der Waals surface area contributed by atoms with Gasteiger partial charge in [0.1, 0.15) is 5.82 Å². The Labute approximate surface area is 336 Å². The number of piperidine rings is 2. The quantitative estimate of drug-likeness (QED) is 0.189. The van der Waals surface area contributed by atoms with Crippen LogP contribution in [0.25, 0.3) is 33.5 Å². The van der Waals surface area contributed by atoms with Crippen LogP contribution in [0.4, 0.5) is 4.39 Å². The van der Waals surface area contributed by atoms with Crippen LogP contribution in [0.3, 0.4) is 0 Å². The number of carbonyl (C=O) groups excluding carboxylic acids is 1. The van der Waals surface area contributed by atoms with E-state index < -0.39 is 23.1 Å². The molecule has 2 aliphatic heterocycles. The van der Waals surface area contributed by atoms with E-state index in [4.69, 9.17) is 0 Å². The molecule has 3 aliphatic rings. The number of hydrogen-bond donors (Lipinski definition) is 1. The van der Waals surface area contributed by atoms with Crippen molar-refractivity contribution in [3.05, 3.63) is 122 Å². The predicted molar refractivity (Wildman–Crippen MR) is 222 cm³/mol. The molecule has 1 N–H and O–H groups in total. The summed E-state index contributed by atoms with van der Waals surface area (Å²) in [6, 6.07) is 21.1. The van der Waals surface area contributed by atoms with Crippen molar-refractivity contribution in [2.45, 2.75) is 96.3 Å². The lowest BCUT2D eigenvalue weighted by molar-refractivity contribution is 0.0896. The molecule has 58 heavy (non-hydrogen) atoms. The highest BCUT2D eigenvalue weighted by molar-refractivity contribution is 5.93. The molecule has 3 fully saturated rings. The van der Waals surface area contributed by atoms with Crippen molar-refractivity contribution < 1.29 is 9.18 Å². The molecule has 0 atom stereocenters. The van der Waals surface area contributed by atoms with Crippen LogP contribution in [0.1, 0.15) is 91.3 Å². The van der Waals surface area contributed by atoms with E-state index in [1.165, 1.54) is 59.9 Å². The highest BCUT2D eigenvalue weighted by atomic mass is 19.1. The van der Waals surface area contributed by atoms with Gasteiger partial charge in [-0.15, -0.1) is 0 Å². The molecule has 13 heteroatoms. The Kier molecular flexibility index (Phi) is 10.5. The number of carbonyl (C=O) groups is 1. The molecule has 4 aromatic heterocycles. The SMILES string of the molecule is Cc1cc(C)n2nc(C(=O)NC3CCC(n4c(=O)c5cc(F)cnc5n(-c5cccc(-c6ccc(CN7CCC(N8CCCCC8)CC7)cc6)c5)c4=O)CC3)cc2n1. The van der Waals surface area contributed by atoms with Gasteiger partial charge in [0.05, 0.1) is 17.3 Å². The smallest absolute Gasteiger partial charge is 0.337 e. The van der Waals surface area contributed by atoms with Gasteiger partial charge >= 0.3 is 5.69 Å². The van der Waals surface area contributed by atoms with Crippen molar-refractivity contribution in [3.8, 4) is 16.8 Å². The molecule has 0 spiro atoms. The van der Waals surface area contributed by atoms with E-state index in [-0.39, 0.29) is 28.7 Å². The van der Waals surface area contributed by atoms with Gasteiger partial charge in [0.15, 0.2) is 17.0 Å². The Morgan fingerprint density at radius 2 is 1.59 bits per heavy atom. The first-order valence-electron chi connectivity index (χ1n) is 20.8. The van der Waals surface area contributed by atoms with Crippen LogP contribution >= 0.6 is 0 Å². The second-order valence-corrected chi connectivity index (χ2v) is 16.5. The first-order chi connectivity index (χ1) is 28.2. The standard InChI is InChI=1S/C45H50FN9O3/c1-29-23-30(2)55-41(48-29)26-40(50-55)43(56)49-35-13-15-37(16-14-35)54-44(57)39-25-34(46)27-47-42(39)53(45(54)58)38-8-6-7-33(24-38)32-11-9-31(10-12-32)28-51-21-17-36(18-22-51)52-19-4-3-5-20-52/h6-12,23-27,35-37H,3-5,13-22,28H2,1-2H3,(H,49,56). The summed E-state index contributed by atoms with van der Waals surface area (Å²) < 4.78 is 19.0. The van der Waals surface area contributed by atoms with Crippen molar-refractivity contribution >= 4 is 22.6 Å². The van der Waals surface area contributed by atoms with Crippen LogP contribution in [0, 0.1) is 19.7 Å². The largest absolute Gasteiger partial charge is 0.348 e. The van der Waals surface area contributed by atoms with Gasteiger partial charge in [-0.1, -0.05) is 42.8 Å². The van der Waals surface area contributed by atoms with E-state index in [0.717, 1.165) is 60.5 Å². The molecule has 0 radical (unpaired) electrons. The average molecular weight is 784 g/mol. The second-order valence-electron chi connectivity index (χ2n) is 16.5. The molecule has 300 valence electrons. The number of pyridine rings is 1. The molecule has 2 aromatic carbocycles. The van der Waals surface area contributed by atoms with Crippen LogP contribution in [0.5, 0.6) is 0 Å². The molecular weight excluding hydrogens is 734 g/mol. The summed E-state index contributed by atoms with van der Waals surface area (Å²) in [5.41, 5.74) is 5.35.